The van der Waals surface area contributed by atoms with E-state index in [-0.39, 0.29) is 0 Å². The van der Waals surface area contributed by atoms with Gasteiger partial charge in [-0.1, -0.05) is 18.2 Å². The molecule has 1 aromatic carbocycles. The lowest BCUT2D eigenvalue weighted by Crippen LogP contribution is -2.13. The Kier molecular flexibility index (Phi) is 3.67. The van der Waals surface area contributed by atoms with E-state index >= 15 is 0 Å². The van der Waals surface area contributed by atoms with E-state index in [0.29, 0.717) is 6.04 Å². The highest BCUT2D eigenvalue weighted by molar-refractivity contribution is 7.09. The molecule has 0 amide bonds. The summed E-state index contributed by atoms with van der Waals surface area (Å²) in [7, 11) is 0. The predicted octanol–water partition coefficient (Wildman–Crippen LogP) is 3.78. The number of aromatic nitrogens is 1. The second-order valence-electron chi connectivity index (χ2n) is 5.41. The maximum Gasteiger partial charge on any atom is 0.0972 e. The minimum absolute atomic E-state index is 0.491. The third-order valence-corrected chi connectivity index (χ3v) is 4.78. The van der Waals surface area contributed by atoms with Crippen molar-refractivity contribution in [2.45, 2.75) is 39.2 Å². The Balaban J connectivity index is 1.74. The normalized spacial score (nSPS) is 18.9. The van der Waals surface area contributed by atoms with Crippen LogP contribution in [0.4, 0.5) is 0 Å². The molecule has 2 heterocycles. The van der Waals surface area contributed by atoms with Gasteiger partial charge in [0.05, 0.1) is 16.7 Å². The lowest BCUT2D eigenvalue weighted by Gasteiger charge is -2.05. The van der Waals surface area contributed by atoms with Crippen LogP contribution in [0, 0.1) is 13.8 Å². The first-order valence-corrected chi connectivity index (χ1v) is 7.84. The molecule has 1 aliphatic rings. The third-order valence-electron chi connectivity index (χ3n) is 3.91. The molecule has 2 nitrogen and oxygen atoms in total. The van der Waals surface area contributed by atoms with Crippen molar-refractivity contribution in [1.29, 1.82) is 0 Å². The number of thiazole rings is 1. The maximum atomic E-state index is 4.80. The van der Waals surface area contributed by atoms with Gasteiger partial charge in [-0.2, -0.15) is 0 Å². The molecule has 2 aromatic rings. The molecule has 0 unspecified atom stereocenters. The van der Waals surface area contributed by atoms with Crippen LogP contribution in [0.5, 0.6) is 0 Å². The molecule has 0 spiro atoms. The Labute approximate surface area is 118 Å². The van der Waals surface area contributed by atoms with E-state index in [4.69, 9.17) is 4.98 Å². The molecular formula is C16H20N2S. The summed E-state index contributed by atoms with van der Waals surface area (Å²) in [5.41, 5.74) is 5.33. The van der Waals surface area contributed by atoms with Crippen LogP contribution >= 0.6 is 11.3 Å². The summed E-state index contributed by atoms with van der Waals surface area (Å²) < 4.78 is 0. The number of nitrogens with one attached hydrogen (secondary N) is 1. The van der Waals surface area contributed by atoms with E-state index in [9.17, 15) is 0 Å². The Bertz CT molecular complexity index is 568. The molecule has 0 bridgehead atoms. The van der Waals surface area contributed by atoms with Gasteiger partial charge in [0.1, 0.15) is 0 Å². The summed E-state index contributed by atoms with van der Waals surface area (Å²) in [6, 6.07) is 7.20. The van der Waals surface area contributed by atoms with Crippen LogP contribution < -0.4 is 5.32 Å². The average Bonchev–Trinajstić information content (AvgIpc) is 3.04. The fourth-order valence-corrected chi connectivity index (χ4v) is 3.47. The van der Waals surface area contributed by atoms with Crippen molar-refractivity contribution in [3.63, 3.8) is 0 Å². The highest BCUT2D eigenvalue weighted by atomic mass is 32.1. The number of aryl methyl sites for hydroxylation is 2. The van der Waals surface area contributed by atoms with E-state index in [1.54, 1.807) is 11.3 Å². The van der Waals surface area contributed by atoms with Crippen molar-refractivity contribution < 1.29 is 0 Å². The Morgan fingerprint density at radius 3 is 2.95 bits per heavy atom. The second-order valence-corrected chi connectivity index (χ2v) is 6.35. The molecule has 0 saturated carbocycles. The smallest absolute Gasteiger partial charge is 0.0972 e. The Morgan fingerprint density at radius 1 is 1.32 bits per heavy atom. The molecule has 3 rings (SSSR count). The largest absolute Gasteiger partial charge is 0.309 e. The van der Waals surface area contributed by atoms with Gasteiger partial charge in [0.25, 0.3) is 0 Å². The van der Waals surface area contributed by atoms with Crippen molar-refractivity contribution in [1.82, 2.24) is 10.3 Å². The first-order chi connectivity index (χ1) is 9.22. The molecule has 1 aromatic heterocycles. The summed E-state index contributed by atoms with van der Waals surface area (Å²) in [5, 5.41) is 6.96. The van der Waals surface area contributed by atoms with Gasteiger partial charge in [0, 0.05) is 11.8 Å². The number of hydrogen-bond donors (Lipinski definition) is 1. The maximum absolute atomic E-state index is 4.80. The van der Waals surface area contributed by atoms with Crippen LogP contribution in [0.3, 0.4) is 0 Å². The zero-order chi connectivity index (χ0) is 13.2. The minimum Gasteiger partial charge on any atom is -0.309 e. The summed E-state index contributed by atoms with van der Waals surface area (Å²) in [6.45, 7) is 5.47. The number of benzene rings is 1. The second kappa shape index (κ2) is 5.43. The van der Waals surface area contributed by atoms with Gasteiger partial charge in [-0.25, -0.2) is 4.98 Å². The van der Waals surface area contributed by atoms with Crippen molar-refractivity contribution >= 4 is 11.3 Å². The fourth-order valence-electron chi connectivity index (χ4n) is 2.59. The predicted molar refractivity (Wildman–Crippen MR) is 80.8 cm³/mol. The van der Waals surface area contributed by atoms with Gasteiger partial charge in [-0.05, 0) is 49.9 Å². The highest BCUT2D eigenvalue weighted by Gasteiger charge is 2.18. The minimum atomic E-state index is 0.491. The van der Waals surface area contributed by atoms with E-state index in [1.165, 1.54) is 40.2 Å². The van der Waals surface area contributed by atoms with E-state index in [2.05, 4.69) is 42.7 Å². The highest BCUT2D eigenvalue weighted by Crippen LogP contribution is 2.25. The Morgan fingerprint density at radius 2 is 2.21 bits per heavy atom. The molecule has 1 fully saturated rings. The standard InChI is InChI=1S/C16H20N2S/c1-11-5-6-13(8-12(11)2)9-16-18-15(10-19-16)14-4-3-7-17-14/h5-6,8,10,14,17H,3-4,7,9H2,1-2H3/t14-/m0/s1. The molecule has 100 valence electrons. The topological polar surface area (TPSA) is 24.9 Å². The molecular weight excluding hydrogens is 252 g/mol. The zero-order valence-corrected chi connectivity index (χ0v) is 12.4. The SMILES string of the molecule is Cc1ccc(Cc2nc([C@@H]3CCCN3)cs2)cc1C. The monoisotopic (exact) mass is 272 g/mol. The molecule has 0 radical (unpaired) electrons. The number of nitrogens with zero attached hydrogens (tertiary/aromatic N) is 1. The van der Waals surface area contributed by atoms with E-state index in [1.807, 2.05) is 0 Å². The molecule has 1 saturated heterocycles. The average molecular weight is 272 g/mol. The number of hydrogen-bond acceptors (Lipinski definition) is 3. The summed E-state index contributed by atoms with van der Waals surface area (Å²) in [6.07, 6.45) is 3.46. The van der Waals surface area contributed by atoms with Gasteiger partial charge in [0.2, 0.25) is 0 Å². The summed E-state index contributed by atoms with van der Waals surface area (Å²) in [5.74, 6) is 0. The van der Waals surface area contributed by atoms with Gasteiger partial charge < -0.3 is 5.32 Å². The van der Waals surface area contributed by atoms with Crippen LogP contribution in [0.1, 0.15) is 46.3 Å². The van der Waals surface area contributed by atoms with E-state index in [0.717, 1.165) is 13.0 Å². The lowest BCUT2D eigenvalue weighted by atomic mass is 10.0. The zero-order valence-electron chi connectivity index (χ0n) is 11.6. The molecule has 1 N–H and O–H groups in total. The summed E-state index contributed by atoms with van der Waals surface area (Å²) >= 11 is 1.79. The van der Waals surface area contributed by atoms with E-state index < -0.39 is 0 Å². The van der Waals surface area contributed by atoms with Crippen molar-refractivity contribution in [2.75, 3.05) is 6.54 Å². The fraction of sp³-hybridized carbons (Fsp3) is 0.438. The van der Waals surface area contributed by atoms with Crippen molar-refractivity contribution in [3.8, 4) is 0 Å². The van der Waals surface area contributed by atoms with Gasteiger partial charge in [-0.3, -0.25) is 0 Å². The van der Waals surface area contributed by atoms with Crippen LogP contribution in [0.2, 0.25) is 0 Å². The molecule has 1 atom stereocenters. The summed E-state index contributed by atoms with van der Waals surface area (Å²) in [4.78, 5) is 4.80. The first kappa shape index (κ1) is 12.8. The van der Waals surface area contributed by atoms with Gasteiger partial charge >= 0.3 is 0 Å². The van der Waals surface area contributed by atoms with Crippen LogP contribution in [0.25, 0.3) is 0 Å². The van der Waals surface area contributed by atoms with Crippen molar-refractivity contribution in [3.05, 3.63) is 51.0 Å². The molecule has 3 heteroatoms. The number of rotatable bonds is 3. The van der Waals surface area contributed by atoms with Crippen LogP contribution in [-0.2, 0) is 6.42 Å². The van der Waals surface area contributed by atoms with Crippen LogP contribution in [0.15, 0.2) is 23.6 Å². The van der Waals surface area contributed by atoms with Gasteiger partial charge in [0.15, 0.2) is 0 Å². The van der Waals surface area contributed by atoms with Crippen molar-refractivity contribution in [2.24, 2.45) is 0 Å². The third kappa shape index (κ3) is 2.88. The molecule has 1 aliphatic heterocycles. The van der Waals surface area contributed by atoms with Crippen LogP contribution in [-0.4, -0.2) is 11.5 Å². The van der Waals surface area contributed by atoms with Gasteiger partial charge in [-0.15, -0.1) is 11.3 Å². The molecule has 19 heavy (non-hydrogen) atoms. The first-order valence-electron chi connectivity index (χ1n) is 6.96. The lowest BCUT2D eigenvalue weighted by molar-refractivity contribution is 0.630. The quantitative estimate of drug-likeness (QED) is 0.920. The molecule has 0 aliphatic carbocycles. The Hall–Kier alpha value is -1.19.